The van der Waals surface area contributed by atoms with Crippen LogP contribution < -0.4 is 5.32 Å². The van der Waals surface area contributed by atoms with Gasteiger partial charge in [0.2, 0.25) is 0 Å². The van der Waals surface area contributed by atoms with Crippen molar-refractivity contribution in [2.24, 2.45) is 0 Å². The predicted octanol–water partition coefficient (Wildman–Crippen LogP) is 1.58. The molecule has 0 bridgehead atoms. The van der Waals surface area contributed by atoms with Crippen LogP contribution in [-0.2, 0) is 10.3 Å². The fraction of sp³-hybridized carbons (Fsp3) is 0.765. The summed E-state index contributed by atoms with van der Waals surface area (Å²) < 4.78 is 7.22. The topological polar surface area (TPSA) is 59.4 Å². The minimum Gasteiger partial charge on any atom is -0.379 e. The minimum absolute atomic E-state index is 0.0208. The molecule has 1 saturated carbocycles. The molecule has 1 amide bonds. The lowest BCUT2D eigenvalue weighted by Crippen LogP contribution is -2.42. The van der Waals surface area contributed by atoms with Gasteiger partial charge in [0.25, 0.3) is 5.91 Å². The summed E-state index contributed by atoms with van der Waals surface area (Å²) in [5.74, 6) is 0.533. The molecule has 1 aromatic heterocycles. The lowest BCUT2D eigenvalue weighted by atomic mass is 10.1. The van der Waals surface area contributed by atoms with E-state index >= 15 is 0 Å². The molecule has 23 heavy (non-hydrogen) atoms. The van der Waals surface area contributed by atoms with Crippen molar-refractivity contribution in [3.8, 4) is 0 Å². The van der Waals surface area contributed by atoms with Gasteiger partial charge in [0.05, 0.1) is 24.4 Å². The van der Waals surface area contributed by atoms with Crippen LogP contribution in [0.4, 0.5) is 0 Å². The van der Waals surface area contributed by atoms with Crippen molar-refractivity contribution in [3.05, 3.63) is 17.5 Å². The average molecular weight is 320 g/mol. The fourth-order valence-corrected chi connectivity index (χ4v) is 2.89. The van der Waals surface area contributed by atoms with Gasteiger partial charge in [-0.05, 0) is 39.7 Å². The van der Waals surface area contributed by atoms with Gasteiger partial charge in [0, 0.05) is 32.1 Å². The third-order valence-electron chi connectivity index (χ3n) is 4.41. The van der Waals surface area contributed by atoms with E-state index in [1.54, 1.807) is 0 Å². The summed E-state index contributed by atoms with van der Waals surface area (Å²) in [5.41, 5.74) is 1.56. The van der Waals surface area contributed by atoms with Crippen LogP contribution in [0.5, 0.6) is 0 Å². The highest BCUT2D eigenvalue weighted by atomic mass is 16.5. The van der Waals surface area contributed by atoms with E-state index in [9.17, 15) is 4.79 Å². The van der Waals surface area contributed by atoms with Gasteiger partial charge in [-0.15, -0.1) is 0 Å². The maximum absolute atomic E-state index is 12.6. The lowest BCUT2D eigenvalue weighted by Gasteiger charge is -2.26. The summed E-state index contributed by atoms with van der Waals surface area (Å²) in [5, 5.41) is 7.74. The number of hydrogen-bond acceptors (Lipinski definition) is 4. The first-order valence-corrected chi connectivity index (χ1v) is 8.64. The first-order chi connectivity index (χ1) is 10.9. The first kappa shape index (κ1) is 16.5. The third kappa shape index (κ3) is 4.12. The molecule has 3 rings (SSSR count). The van der Waals surface area contributed by atoms with E-state index in [-0.39, 0.29) is 11.4 Å². The quantitative estimate of drug-likeness (QED) is 0.895. The minimum atomic E-state index is -0.190. The number of nitrogens with zero attached hydrogens (tertiary/aromatic N) is 3. The molecule has 6 heteroatoms. The number of carbonyl (C=O) groups is 1. The molecule has 6 nitrogen and oxygen atoms in total. The zero-order chi connectivity index (χ0) is 16.4. The van der Waals surface area contributed by atoms with Gasteiger partial charge >= 0.3 is 0 Å². The molecule has 2 aliphatic rings. The van der Waals surface area contributed by atoms with Crippen molar-refractivity contribution in [1.82, 2.24) is 20.0 Å². The molecule has 2 heterocycles. The Bertz CT molecular complexity index is 551. The van der Waals surface area contributed by atoms with Gasteiger partial charge in [-0.2, -0.15) is 5.10 Å². The van der Waals surface area contributed by atoms with E-state index in [1.165, 1.54) is 12.8 Å². The van der Waals surface area contributed by atoms with E-state index in [0.29, 0.717) is 18.2 Å². The second kappa shape index (κ2) is 6.61. The van der Waals surface area contributed by atoms with Crippen molar-refractivity contribution in [2.45, 2.75) is 45.1 Å². The van der Waals surface area contributed by atoms with Crippen molar-refractivity contribution < 1.29 is 9.53 Å². The summed E-state index contributed by atoms with van der Waals surface area (Å²) in [6.45, 7) is 11.2. The van der Waals surface area contributed by atoms with Crippen LogP contribution in [0.25, 0.3) is 0 Å². The Morgan fingerprint density at radius 3 is 2.65 bits per heavy atom. The molecule has 0 aromatic carbocycles. The molecule has 128 valence electrons. The first-order valence-electron chi connectivity index (χ1n) is 8.64. The van der Waals surface area contributed by atoms with E-state index in [1.807, 2.05) is 10.7 Å². The molecular weight excluding hydrogens is 292 g/mol. The molecule has 1 saturated heterocycles. The number of morpholine rings is 1. The van der Waals surface area contributed by atoms with Gasteiger partial charge in [-0.1, -0.05) is 0 Å². The van der Waals surface area contributed by atoms with Gasteiger partial charge in [-0.3, -0.25) is 14.4 Å². The van der Waals surface area contributed by atoms with Crippen LogP contribution in [0.3, 0.4) is 0 Å². The molecule has 1 aromatic rings. The van der Waals surface area contributed by atoms with Crippen molar-refractivity contribution in [3.63, 3.8) is 0 Å². The smallest absolute Gasteiger partial charge is 0.269 e. The Labute approximate surface area is 138 Å². The largest absolute Gasteiger partial charge is 0.379 e. The predicted molar refractivity (Wildman–Crippen MR) is 88.8 cm³/mol. The van der Waals surface area contributed by atoms with Crippen molar-refractivity contribution >= 4 is 5.91 Å². The highest BCUT2D eigenvalue weighted by Crippen LogP contribution is 2.40. The van der Waals surface area contributed by atoms with Crippen LogP contribution in [0.2, 0.25) is 0 Å². The van der Waals surface area contributed by atoms with Crippen molar-refractivity contribution in [2.75, 3.05) is 39.4 Å². The molecule has 0 atom stereocenters. The van der Waals surface area contributed by atoms with Gasteiger partial charge in [0.1, 0.15) is 5.69 Å². The number of ether oxygens (including phenoxy) is 1. The summed E-state index contributed by atoms with van der Waals surface area (Å²) in [7, 11) is 0. The van der Waals surface area contributed by atoms with Crippen LogP contribution in [0.15, 0.2) is 6.07 Å². The Balaban J connectivity index is 1.61. The third-order valence-corrected chi connectivity index (χ3v) is 4.41. The monoisotopic (exact) mass is 320 g/mol. The van der Waals surface area contributed by atoms with Crippen LogP contribution in [0.1, 0.15) is 55.7 Å². The number of nitrogens with one attached hydrogen (secondary N) is 1. The van der Waals surface area contributed by atoms with Crippen LogP contribution in [-0.4, -0.2) is 60.0 Å². The summed E-state index contributed by atoms with van der Waals surface area (Å²) >= 11 is 0. The average Bonchev–Trinajstić information content (AvgIpc) is 3.25. The lowest BCUT2D eigenvalue weighted by molar-refractivity contribution is 0.0383. The second-order valence-electron chi connectivity index (χ2n) is 7.52. The number of aromatic nitrogens is 2. The number of hydrogen-bond donors (Lipinski definition) is 1. The van der Waals surface area contributed by atoms with Gasteiger partial charge in [0.15, 0.2) is 0 Å². The highest BCUT2D eigenvalue weighted by molar-refractivity contribution is 5.92. The fourth-order valence-electron chi connectivity index (χ4n) is 2.89. The number of carbonyl (C=O) groups excluding carboxylic acids is 1. The maximum atomic E-state index is 12.6. The van der Waals surface area contributed by atoms with Crippen LogP contribution >= 0.6 is 0 Å². The Kier molecular flexibility index (Phi) is 4.73. The Morgan fingerprint density at radius 1 is 1.35 bits per heavy atom. The molecule has 2 fully saturated rings. The van der Waals surface area contributed by atoms with E-state index in [0.717, 1.165) is 38.5 Å². The van der Waals surface area contributed by atoms with Crippen molar-refractivity contribution in [1.29, 1.82) is 0 Å². The Morgan fingerprint density at radius 2 is 2.04 bits per heavy atom. The SMILES string of the molecule is CC(C)(C)n1nc(C2CC2)cc1C(=O)NCCN1CCOCC1. The van der Waals surface area contributed by atoms with Crippen LogP contribution in [0, 0.1) is 0 Å². The molecular formula is C17H28N4O2. The maximum Gasteiger partial charge on any atom is 0.269 e. The molecule has 1 N–H and O–H groups in total. The zero-order valence-electron chi connectivity index (χ0n) is 14.5. The second-order valence-corrected chi connectivity index (χ2v) is 7.52. The zero-order valence-corrected chi connectivity index (χ0v) is 14.5. The number of rotatable bonds is 5. The van der Waals surface area contributed by atoms with E-state index in [4.69, 9.17) is 9.84 Å². The molecule has 0 unspecified atom stereocenters. The normalized spacial score (nSPS) is 19.8. The Hall–Kier alpha value is -1.40. The molecule has 0 spiro atoms. The summed E-state index contributed by atoms with van der Waals surface area (Å²) in [6, 6.07) is 1.98. The highest BCUT2D eigenvalue weighted by Gasteiger charge is 2.31. The van der Waals surface area contributed by atoms with Gasteiger partial charge < -0.3 is 10.1 Å². The van der Waals surface area contributed by atoms with E-state index in [2.05, 4.69) is 31.0 Å². The summed E-state index contributed by atoms with van der Waals surface area (Å²) in [6.07, 6.45) is 2.39. The van der Waals surface area contributed by atoms with E-state index < -0.39 is 0 Å². The number of amides is 1. The summed E-state index contributed by atoms with van der Waals surface area (Å²) in [4.78, 5) is 14.9. The van der Waals surface area contributed by atoms with Gasteiger partial charge in [-0.25, -0.2) is 0 Å². The standard InChI is InChI=1S/C17H28N4O2/c1-17(2,3)21-15(12-14(19-21)13-4-5-13)16(22)18-6-7-20-8-10-23-11-9-20/h12-13H,4-11H2,1-3H3,(H,18,22). The molecule has 0 radical (unpaired) electrons. The molecule has 1 aliphatic heterocycles. The molecule has 1 aliphatic carbocycles.